The van der Waals surface area contributed by atoms with Gasteiger partial charge in [-0.1, -0.05) is 0 Å². The van der Waals surface area contributed by atoms with E-state index < -0.39 is 28.9 Å². The summed E-state index contributed by atoms with van der Waals surface area (Å²) >= 11 is 0. The van der Waals surface area contributed by atoms with Gasteiger partial charge in [-0.15, -0.1) is 0 Å². The maximum Gasteiger partial charge on any atom is 0.411 e. The summed E-state index contributed by atoms with van der Waals surface area (Å²) in [6.45, 7) is 0. The van der Waals surface area contributed by atoms with Crippen molar-refractivity contribution in [2.45, 2.75) is 17.8 Å². The minimum Gasteiger partial charge on any atom is -0.169 e. The molecule has 0 fully saturated rings. The van der Waals surface area contributed by atoms with Gasteiger partial charge in [0.1, 0.15) is 0 Å². The molecule has 0 bridgehead atoms. The molecule has 0 radical (unpaired) electrons. The van der Waals surface area contributed by atoms with Gasteiger partial charge in [-0.3, -0.25) is 0 Å². The molecular formula is C15H8F6N4+2. The summed E-state index contributed by atoms with van der Waals surface area (Å²) < 4.78 is 82.5. The van der Waals surface area contributed by atoms with Gasteiger partial charge in [-0.25, -0.2) is 0 Å². The molecule has 0 spiro atoms. The predicted octanol–water partition coefficient (Wildman–Crippen LogP) is 6.07. The zero-order valence-electron chi connectivity index (χ0n) is 12.2. The molecule has 0 saturated heterocycles. The number of rotatable bonds is 2. The van der Waals surface area contributed by atoms with Crippen LogP contribution >= 0.6 is 0 Å². The van der Waals surface area contributed by atoms with E-state index in [0.29, 0.717) is 24.3 Å². The van der Waals surface area contributed by atoms with Crippen molar-refractivity contribution >= 4 is 11.4 Å². The highest BCUT2D eigenvalue weighted by Crippen LogP contribution is 2.56. The van der Waals surface area contributed by atoms with Crippen LogP contribution in [0.15, 0.2) is 48.5 Å². The molecule has 0 saturated carbocycles. The lowest BCUT2D eigenvalue weighted by molar-refractivity contribution is -0.288. The molecule has 0 heterocycles. The monoisotopic (exact) mass is 358 g/mol. The third kappa shape index (κ3) is 2.87. The fraction of sp³-hybridized carbons (Fsp3) is 0.200. The summed E-state index contributed by atoms with van der Waals surface area (Å²) in [7, 11) is 0. The molecule has 10 heteroatoms. The molecule has 0 N–H and O–H groups in total. The van der Waals surface area contributed by atoms with Gasteiger partial charge in [0.2, 0.25) is 16.2 Å². The Bertz CT molecular complexity index is 765. The Morgan fingerprint density at radius 3 is 1.04 bits per heavy atom. The lowest BCUT2D eigenvalue weighted by Gasteiger charge is -2.38. The molecule has 0 aliphatic carbocycles. The fourth-order valence-electron chi connectivity index (χ4n) is 2.54. The Kier molecular flexibility index (Phi) is 4.41. The van der Waals surface area contributed by atoms with Crippen molar-refractivity contribution in [3.8, 4) is 0 Å². The van der Waals surface area contributed by atoms with Crippen molar-refractivity contribution < 1.29 is 26.3 Å². The summed E-state index contributed by atoms with van der Waals surface area (Å²) in [5.74, 6) is 0. The number of hydrogen-bond donors (Lipinski definition) is 0. The van der Waals surface area contributed by atoms with Crippen LogP contribution in [0.2, 0.25) is 0 Å². The third-order valence-corrected chi connectivity index (χ3v) is 3.68. The first kappa shape index (κ1) is 18.2. The van der Waals surface area contributed by atoms with Gasteiger partial charge in [0.15, 0.2) is 9.95 Å². The molecule has 4 nitrogen and oxygen atoms in total. The van der Waals surface area contributed by atoms with Gasteiger partial charge in [-0.2, -0.15) is 26.3 Å². The smallest absolute Gasteiger partial charge is 0.169 e. The topological polar surface area (TPSA) is 56.3 Å². The third-order valence-electron chi connectivity index (χ3n) is 3.68. The molecule has 2 rings (SSSR count). The van der Waals surface area contributed by atoms with Crippen molar-refractivity contribution in [2.75, 3.05) is 0 Å². The van der Waals surface area contributed by atoms with Gasteiger partial charge in [0.05, 0.1) is 0 Å². The van der Waals surface area contributed by atoms with Gasteiger partial charge >= 0.3 is 23.7 Å². The zero-order chi connectivity index (χ0) is 18.9. The molecule has 0 aromatic heterocycles. The highest BCUT2D eigenvalue weighted by molar-refractivity contribution is 5.53. The van der Waals surface area contributed by atoms with Crippen LogP contribution < -0.4 is 0 Å². The highest BCUT2D eigenvalue weighted by atomic mass is 19.4. The highest BCUT2D eigenvalue weighted by Gasteiger charge is 2.72. The maximum absolute atomic E-state index is 13.7. The van der Waals surface area contributed by atoms with E-state index in [4.69, 9.17) is 10.8 Å². The average molecular weight is 358 g/mol. The Morgan fingerprint density at radius 1 is 0.560 bits per heavy atom. The van der Waals surface area contributed by atoms with Crippen LogP contribution in [0.3, 0.4) is 0 Å². The van der Waals surface area contributed by atoms with Crippen molar-refractivity contribution in [3.05, 3.63) is 69.6 Å². The lowest BCUT2D eigenvalue weighted by atomic mass is 9.73. The van der Waals surface area contributed by atoms with E-state index in [1.54, 1.807) is 0 Å². The van der Waals surface area contributed by atoms with Gasteiger partial charge in [0, 0.05) is 24.3 Å². The average Bonchev–Trinajstić information content (AvgIpc) is 2.54. The van der Waals surface area contributed by atoms with E-state index in [1.165, 1.54) is 0 Å². The van der Waals surface area contributed by atoms with Crippen molar-refractivity contribution in [3.63, 3.8) is 0 Å². The van der Waals surface area contributed by atoms with Crippen LogP contribution in [0.1, 0.15) is 11.1 Å². The van der Waals surface area contributed by atoms with Gasteiger partial charge in [-0.05, 0) is 35.4 Å². The van der Waals surface area contributed by atoms with Crippen molar-refractivity contribution in [1.29, 1.82) is 10.8 Å². The fourth-order valence-corrected chi connectivity index (χ4v) is 2.54. The van der Waals surface area contributed by atoms with Crippen LogP contribution in [0.4, 0.5) is 37.7 Å². The second-order valence-corrected chi connectivity index (χ2v) is 5.04. The SMILES string of the molecule is N#[N+]c1ccc(C(c2ccc([N+]#N)cc2)(C(F)(F)F)C(F)(F)F)cc1. The van der Waals surface area contributed by atoms with Crippen LogP contribution in [0.5, 0.6) is 0 Å². The Hall–Kier alpha value is -3.14. The van der Waals surface area contributed by atoms with E-state index in [-0.39, 0.29) is 11.4 Å². The first-order chi connectivity index (χ1) is 11.6. The first-order valence-corrected chi connectivity index (χ1v) is 6.62. The molecule has 2 aromatic rings. The molecule has 128 valence electrons. The van der Waals surface area contributed by atoms with Crippen molar-refractivity contribution in [2.24, 2.45) is 0 Å². The molecule has 0 amide bonds. The summed E-state index contributed by atoms with van der Waals surface area (Å²) in [6.07, 6.45) is -11.4. The lowest BCUT2D eigenvalue weighted by Crippen LogP contribution is -2.54. The largest absolute Gasteiger partial charge is 0.411 e. The Labute approximate surface area is 136 Å². The number of hydrogen-bond acceptors (Lipinski definition) is 2. The van der Waals surface area contributed by atoms with Crippen LogP contribution in [0, 0.1) is 10.8 Å². The normalized spacial score (nSPS) is 12.3. The molecule has 0 aliphatic heterocycles. The van der Waals surface area contributed by atoms with Crippen LogP contribution in [-0.4, -0.2) is 12.4 Å². The van der Waals surface area contributed by atoms with Gasteiger partial charge in [0.25, 0.3) is 0 Å². The second-order valence-electron chi connectivity index (χ2n) is 5.04. The summed E-state index contributed by atoms with van der Waals surface area (Å²) in [5, 5.41) is 17.1. The van der Waals surface area contributed by atoms with E-state index in [2.05, 4.69) is 9.95 Å². The van der Waals surface area contributed by atoms with Gasteiger partial charge < -0.3 is 0 Å². The molecule has 0 aliphatic rings. The number of halogens is 6. The zero-order valence-corrected chi connectivity index (χ0v) is 12.2. The molecule has 2 aromatic carbocycles. The predicted molar refractivity (Wildman–Crippen MR) is 75.3 cm³/mol. The Morgan fingerprint density at radius 2 is 0.840 bits per heavy atom. The van der Waals surface area contributed by atoms with Crippen LogP contribution in [0.25, 0.3) is 9.95 Å². The van der Waals surface area contributed by atoms with E-state index in [1.807, 2.05) is 0 Å². The molecular weight excluding hydrogens is 350 g/mol. The van der Waals surface area contributed by atoms with E-state index in [9.17, 15) is 26.3 Å². The van der Waals surface area contributed by atoms with E-state index >= 15 is 0 Å². The molecule has 25 heavy (non-hydrogen) atoms. The number of nitrogens with zero attached hydrogens (tertiary/aromatic N) is 4. The van der Waals surface area contributed by atoms with Crippen LogP contribution in [-0.2, 0) is 5.41 Å². The Balaban J connectivity index is 2.86. The van der Waals surface area contributed by atoms with E-state index in [0.717, 1.165) is 24.3 Å². The summed E-state index contributed by atoms with van der Waals surface area (Å²) in [4.78, 5) is 5.42. The number of benzene rings is 2. The van der Waals surface area contributed by atoms with Crippen molar-refractivity contribution in [1.82, 2.24) is 0 Å². The molecule has 0 atom stereocenters. The first-order valence-electron chi connectivity index (χ1n) is 6.62. The summed E-state index contributed by atoms with van der Waals surface area (Å²) in [5.41, 5.74) is -6.88. The quantitative estimate of drug-likeness (QED) is 0.483. The summed E-state index contributed by atoms with van der Waals surface area (Å²) in [6, 6.07) is 5.72. The minimum absolute atomic E-state index is 0.198. The number of diazo groups is 2. The minimum atomic E-state index is -5.72. The standard InChI is InChI=1S/C15H8F6N4/c16-14(17,18)13(15(19,20)21,9-1-5-11(24-22)6-2-9)10-3-7-12(25-23)8-4-10/h1-8H/q+2. The molecule has 0 unspecified atom stereocenters. The second kappa shape index (κ2) is 6.06. The number of alkyl halides is 6. The maximum atomic E-state index is 13.7.